The molecule has 0 bridgehead atoms. The Kier molecular flexibility index (Phi) is 8.81. The highest BCUT2D eigenvalue weighted by Crippen LogP contribution is 2.21. The molecule has 2 N–H and O–H groups in total. The molecule has 1 aromatic rings. The zero-order valence-corrected chi connectivity index (χ0v) is 17.5. The zero-order valence-electron chi connectivity index (χ0n) is 15.9. The number of esters is 1. The molecule has 146 valence electrons. The second kappa shape index (κ2) is 10.8. The standard InChI is InChI=1S/C19H30BrN3O3/c1-13(25-2)17(23-15-7-5-4-6-8-15)9-10-21-18-16(19(24)26-3)11-14(20)12-22-18/h11-13,15,17,23H,4-10H2,1-3H3,(H,21,22). The number of carbonyl (C=O) groups excluding carboxylic acids is 1. The lowest BCUT2D eigenvalue weighted by atomic mass is 9.94. The number of methoxy groups -OCH3 is 2. The Bertz CT molecular complexity index is 579. The molecule has 1 saturated carbocycles. The summed E-state index contributed by atoms with van der Waals surface area (Å²) in [5.74, 6) is 0.143. The molecule has 7 heteroatoms. The van der Waals surface area contributed by atoms with Crippen LogP contribution in [0.2, 0.25) is 0 Å². The van der Waals surface area contributed by atoms with Crippen molar-refractivity contribution in [1.82, 2.24) is 10.3 Å². The monoisotopic (exact) mass is 427 g/mol. The summed E-state index contributed by atoms with van der Waals surface area (Å²) >= 11 is 3.34. The maximum Gasteiger partial charge on any atom is 0.341 e. The third-order valence-corrected chi connectivity index (χ3v) is 5.43. The molecule has 2 rings (SSSR count). The number of hydrogen-bond acceptors (Lipinski definition) is 6. The van der Waals surface area contributed by atoms with Crippen molar-refractivity contribution in [2.24, 2.45) is 0 Å². The minimum absolute atomic E-state index is 0.122. The van der Waals surface area contributed by atoms with Crippen molar-refractivity contribution in [3.63, 3.8) is 0 Å². The first-order valence-electron chi connectivity index (χ1n) is 9.31. The molecule has 2 atom stereocenters. The predicted octanol–water partition coefficient (Wildman–Crippen LogP) is 3.76. The fourth-order valence-electron chi connectivity index (χ4n) is 3.38. The molecule has 26 heavy (non-hydrogen) atoms. The van der Waals surface area contributed by atoms with Crippen molar-refractivity contribution < 1.29 is 14.3 Å². The van der Waals surface area contributed by atoms with Gasteiger partial charge < -0.3 is 20.1 Å². The van der Waals surface area contributed by atoms with Crippen LogP contribution in [-0.4, -0.2) is 49.9 Å². The first-order valence-corrected chi connectivity index (χ1v) is 10.1. The molecule has 0 amide bonds. The average molecular weight is 428 g/mol. The number of halogens is 1. The van der Waals surface area contributed by atoms with Gasteiger partial charge in [-0.25, -0.2) is 9.78 Å². The van der Waals surface area contributed by atoms with E-state index in [4.69, 9.17) is 9.47 Å². The molecule has 1 aromatic heterocycles. The summed E-state index contributed by atoms with van der Waals surface area (Å²) in [6, 6.07) is 2.55. The first-order chi connectivity index (χ1) is 12.5. The Labute approximate surface area is 164 Å². The fourth-order valence-corrected chi connectivity index (χ4v) is 3.71. The summed E-state index contributed by atoms with van der Waals surface area (Å²) in [6.45, 7) is 2.79. The molecule has 0 aromatic carbocycles. The second-order valence-electron chi connectivity index (χ2n) is 6.81. The number of aromatic nitrogens is 1. The van der Waals surface area contributed by atoms with E-state index in [0.29, 0.717) is 24.0 Å². The van der Waals surface area contributed by atoms with Gasteiger partial charge in [0, 0.05) is 36.4 Å². The van der Waals surface area contributed by atoms with E-state index in [9.17, 15) is 4.79 Å². The molecule has 0 radical (unpaired) electrons. The van der Waals surface area contributed by atoms with Crippen LogP contribution < -0.4 is 10.6 Å². The van der Waals surface area contributed by atoms with E-state index >= 15 is 0 Å². The molecule has 0 spiro atoms. The molecule has 1 heterocycles. The van der Waals surface area contributed by atoms with Gasteiger partial charge in [0.1, 0.15) is 11.4 Å². The summed E-state index contributed by atoms with van der Waals surface area (Å²) in [6.07, 6.45) is 9.09. The highest BCUT2D eigenvalue weighted by molar-refractivity contribution is 9.10. The number of anilines is 1. The molecule has 0 saturated heterocycles. The SMILES string of the molecule is COC(=O)c1cc(Br)cnc1NCCC(NC1CCCCC1)C(C)OC. The van der Waals surface area contributed by atoms with Crippen molar-refractivity contribution >= 4 is 27.7 Å². The van der Waals surface area contributed by atoms with Gasteiger partial charge in [0.05, 0.1) is 13.2 Å². The highest BCUT2D eigenvalue weighted by atomic mass is 79.9. The van der Waals surface area contributed by atoms with E-state index in [1.807, 2.05) is 0 Å². The van der Waals surface area contributed by atoms with Crippen LogP contribution in [0.1, 0.15) is 55.8 Å². The van der Waals surface area contributed by atoms with Crippen molar-refractivity contribution in [1.29, 1.82) is 0 Å². The van der Waals surface area contributed by atoms with E-state index < -0.39 is 5.97 Å². The van der Waals surface area contributed by atoms with Crippen LogP contribution in [-0.2, 0) is 9.47 Å². The molecule has 2 unspecified atom stereocenters. The van der Waals surface area contributed by atoms with Crippen LogP contribution >= 0.6 is 15.9 Å². The quantitative estimate of drug-likeness (QED) is 0.584. The van der Waals surface area contributed by atoms with Gasteiger partial charge in [0.25, 0.3) is 0 Å². The molecule has 1 fully saturated rings. The van der Waals surface area contributed by atoms with E-state index in [1.165, 1.54) is 39.2 Å². The van der Waals surface area contributed by atoms with Gasteiger partial charge >= 0.3 is 5.97 Å². The predicted molar refractivity (Wildman–Crippen MR) is 107 cm³/mol. The van der Waals surface area contributed by atoms with Crippen LogP contribution in [0.25, 0.3) is 0 Å². The summed E-state index contributed by atoms with van der Waals surface area (Å²) < 4.78 is 11.2. The number of ether oxygens (including phenoxy) is 2. The van der Waals surface area contributed by atoms with Crippen LogP contribution in [0.5, 0.6) is 0 Å². The van der Waals surface area contributed by atoms with Gasteiger partial charge in [-0.3, -0.25) is 0 Å². The summed E-state index contributed by atoms with van der Waals surface area (Å²) in [5, 5.41) is 7.04. The number of rotatable bonds is 9. The maximum atomic E-state index is 11.9. The third-order valence-electron chi connectivity index (χ3n) is 5.00. The van der Waals surface area contributed by atoms with Gasteiger partial charge in [-0.05, 0) is 48.2 Å². The maximum absolute atomic E-state index is 11.9. The highest BCUT2D eigenvalue weighted by Gasteiger charge is 2.22. The summed E-state index contributed by atoms with van der Waals surface area (Å²) in [4.78, 5) is 16.3. The lowest BCUT2D eigenvalue weighted by molar-refractivity contribution is 0.0601. The van der Waals surface area contributed by atoms with E-state index in [-0.39, 0.29) is 12.1 Å². The van der Waals surface area contributed by atoms with Gasteiger partial charge in [0.2, 0.25) is 0 Å². The second-order valence-corrected chi connectivity index (χ2v) is 7.72. The minimum Gasteiger partial charge on any atom is -0.465 e. The number of nitrogens with one attached hydrogen (secondary N) is 2. The van der Waals surface area contributed by atoms with Crippen LogP contribution in [0.3, 0.4) is 0 Å². The smallest absolute Gasteiger partial charge is 0.341 e. The van der Waals surface area contributed by atoms with Gasteiger partial charge in [-0.15, -0.1) is 0 Å². The van der Waals surface area contributed by atoms with Crippen LogP contribution in [0.15, 0.2) is 16.7 Å². The average Bonchev–Trinajstić information content (AvgIpc) is 2.67. The molecule has 6 nitrogen and oxygen atoms in total. The van der Waals surface area contributed by atoms with Gasteiger partial charge in [0.15, 0.2) is 0 Å². The van der Waals surface area contributed by atoms with Gasteiger partial charge in [-0.1, -0.05) is 19.3 Å². The molecular formula is C19H30BrN3O3. The van der Waals surface area contributed by atoms with Crippen molar-refractivity contribution in [3.8, 4) is 0 Å². The van der Waals surface area contributed by atoms with Crippen molar-refractivity contribution in [2.45, 2.75) is 63.6 Å². The first kappa shape index (κ1) is 21.1. The Hall–Kier alpha value is -1.18. The zero-order chi connectivity index (χ0) is 18.9. The Morgan fingerprint density at radius 2 is 2.08 bits per heavy atom. The van der Waals surface area contributed by atoms with Crippen LogP contribution in [0, 0.1) is 0 Å². The number of pyridine rings is 1. The van der Waals surface area contributed by atoms with E-state index in [1.54, 1.807) is 19.4 Å². The third kappa shape index (κ3) is 6.21. The lowest BCUT2D eigenvalue weighted by Crippen LogP contribution is -2.46. The minimum atomic E-state index is -0.400. The van der Waals surface area contributed by atoms with Gasteiger partial charge in [-0.2, -0.15) is 0 Å². The molecule has 1 aliphatic carbocycles. The molecular weight excluding hydrogens is 398 g/mol. The van der Waals surface area contributed by atoms with E-state index in [0.717, 1.165) is 10.9 Å². The summed E-state index contributed by atoms with van der Waals surface area (Å²) in [5.41, 5.74) is 0.429. The Morgan fingerprint density at radius 3 is 2.73 bits per heavy atom. The fraction of sp³-hybridized carbons (Fsp3) is 0.684. The van der Waals surface area contributed by atoms with Crippen molar-refractivity contribution in [2.75, 3.05) is 26.1 Å². The molecule has 1 aliphatic rings. The number of hydrogen-bond donors (Lipinski definition) is 2. The Morgan fingerprint density at radius 1 is 1.35 bits per heavy atom. The summed E-state index contributed by atoms with van der Waals surface area (Å²) in [7, 11) is 3.12. The lowest BCUT2D eigenvalue weighted by Gasteiger charge is -2.31. The van der Waals surface area contributed by atoms with Crippen LogP contribution in [0.4, 0.5) is 5.82 Å². The topological polar surface area (TPSA) is 72.5 Å². The number of nitrogens with zero attached hydrogens (tertiary/aromatic N) is 1. The van der Waals surface area contributed by atoms with E-state index in [2.05, 4.69) is 38.5 Å². The molecule has 0 aliphatic heterocycles. The number of carbonyl (C=O) groups is 1. The largest absolute Gasteiger partial charge is 0.465 e. The Balaban J connectivity index is 1.95. The van der Waals surface area contributed by atoms with Crippen molar-refractivity contribution in [3.05, 3.63) is 22.3 Å². The normalized spacial score (nSPS) is 17.5.